The van der Waals surface area contributed by atoms with E-state index in [2.05, 4.69) is 10.6 Å². The van der Waals surface area contributed by atoms with Crippen LogP contribution in [0.25, 0.3) is 0 Å². The number of hydrogen-bond acceptors (Lipinski definition) is 2. The minimum Gasteiger partial charge on any atom is -0.325 e. The van der Waals surface area contributed by atoms with Crippen LogP contribution >= 0.6 is 11.6 Å². The van der Waals surface area contributed by atoms with Crippen molar-refractivity contribution in [3.63, 3.8) is 0 Å². The van der Waals surface area contributed by atoms with Gasteiger partial charge in [-0.25, -0.2) is 4.39 Å². The van der Waals surface area contributed by atoms with Gasteiger partial charge in [0.15, 0.2) is 0 Å². The fraction of sp³-hybridized carbons (Fsp3) is 0.462. The zero-order chi connectivity index (χ0) is 13.2. The molecule has 0 aliphatic carbocycles. The summed E-state index contributed by atoms with van der Waals surface area (Å²) in [5.74, 6) is -0.529. The summed E-state index contributed by atoms with van der Waals surface area (Å²) in [6, 6.07) is 4.03. The zero-order valence-electron chi connectivity index (χ0n) is 10.2. The van der Waals surface area contributed by atoms with Gasteiger partial charge in [-0.1, -0.05) is 18.5 Å². The number of nitrogens with one attached hydrogen (secondary N) is 2. The van der Waals surface area contributed by atoms with E-state index in [4.69, 9.17) is 11.6 Å². The van der Waals surface area contributed by atoms with Crippen molar-refractivity contribution >= 4 is 23.2 Å². The van der Waals surface area contributed by atoms with Gasteiger partial charge in [0.2, 0.25) is 5.91 Å². The number of anilines is 1. The van der Waals surface area contributed by atoms with Crippen LogP contribution in [0.1, 0.15) is 19.8 Å². The molecule has 2 rings (SSSR count). The van der Waals surface area contributed by atoms with Gasteiger partial charge in [0.05, 0.1) is 0 Å². The second-order valence-electron chi connectivity index (χ2n) is 4.92. The molecule has 1 heterocycles. The van der Waals surface area contributed by atoms with Crippen molar-refractivity contribution < 1.29 is 9.18 Å². The lowest BCUT2D eigenvalue weighted by Gasteiger charge is -2.32. The van der Waals surface area contributed by atoms with Gasteiger partial charge in [-0.05, 0) is 44.1 Å². The molecule has 0 unspecified atom stereocenters. The minimum absolute atomic E-state index is 0.0781. The van der Waals surface area contributed by atoms with Gasteiger partial charge >= 0.3 is 0 Å². The Bertz CT molecular complexity index is 438. The maximum absolute atomic E-state index is 13.2. The van der Waals surface area contributed by atoms with E-state index in [9.17, 15) is 9.18 Å². The summed E-state index contributed by atoms with van der Waals surface area (Å²) in [5, 5.41) is 6.24. The standard InChI is InChI=1S/C13H16ClFN2O/c1-13(2-4-16-5-3-13)12(18)17-11-7-9(14)6-10(15)8-11/h6-8,16H,2-5H2,1H3,(H,17,18). The van der Waals surface area contributed by atoms with E-state index in [1.165, 1.54) is 12.1 Å². The number of hydrogen-bond donors (Lipinski definition) is 2. The normalized spacial score (nSPS) is 18.4. The number of halogens is 2. The second-order valence-corrected chi connectivity index (χ2v) is 5.36. The number of rotatable bonds is 2. The summed E-state index contributed by atoms with van der Waals surface area (Å²) in [7, 11) is 0. The van der Waals surface area contributed by atoms with Gasteiger partial charge < -0.3 is 10.6 Å². The number of benzene rings is 1. The molecule has 0 bridgehead atoms. The molecule has 1 aliphatic heterocycles. The molecule has 1 saturated heterocycles. The molecule has 3 nitrogen and oxygen atoms in total. The van der Waals surface area contributed by atoms with E-state index in [0.29, 0.717) is 5.69 Å². The first-order chi connectivity index (χ1) is 8.49. The number of carbonyl (C=O) groups excluding carboxylic acids is 1. The molecule has 1 aromatic rings. The lowest BCUT2D eigenvalue weighted by atomic mass is 9.80. The monoisotopic (exact) mass is 270 g/mol. The number of amides is 1. The Morgan fingerprint density at radius 2 is 2.06 bits per heavy atom. The summed E-state index contributed by atoms with van der Waals surface area (Å²) < 4.78 is 13.2. The fourth-order valence-electron chi connectivity index (χ4n) is 2.11. The highest BCUT2D eigenvalue weighted by atomic mass is 35.5. The minimum atomic E-state index is -0.451. The van der Waals surface area contributed by atoms with Crippen molar-refractivity contribution in [2.45, 2.75) is 19.8 Å². The molecule has 0 saturated carbocycles. The maximum atomic E-state index is 13.2. The van der Waals surface area contributed by atoms with Gasteiger partial charge in [0, 0.05) is 16.1 Å². The first kappa shape index (κ1) is 13.3. The quantitative estimate of drug-likeness (QED) is 0.868. The van der Waals surface area contributed by atoms with Crippen molar-refractivity contribution in [1.82, 2.24) is 5.32 Å². The highest BCUT2D eigenvalue weighted by molar-refractivity contribution is 6.30. The predicted octanol–water partition coefficient (Wildman–Crippen LogP) is 2.81. The molecular formula is C13H16ClFN2O. The van der Waals surface area contributed by atoms with Crippen molar-refractivity contribution in [3.8, 4) is 0 Å². The average molecular weight is 271 g/mol. The van der Waals surface area contributed by atoms with Crippen LogP contribution in [-0.4, -0.2) is 19.0 Å². The van der Waals surface area contributed by atoms with Crippen LogP contribution in [0, 0.1) is 11.2 Å². The molecule has 0 atom stereocenters. The van der Waals surface area contributed by atoms with E-state index in [1.807, 2.05) is 6.92 Å². The van der Waals surface area contributed by atoms with Crippen LogP contribution in [0.4, 0.5) is 10.1 Å². The third-order valence-electron chi connectivity index (χ3n) is 3.38. The number of piperidine rings is 1. The molecule has 1 aliphatic rings. The molecule has 98 valence electrons. The van der Waals surface area contributed by atoms with Crippen molar-refractivity contribution in [2.24, 2.45) is 5.41 Å². The highest BCUT2D eigenvalue weighted by Gasteiger charge is 2.34. The molecule has 0 spiro atoms. The van der Waals surface area contributed by atoms with E-state index in [0.717, 1.165) is 25.9 Å². The first-order valence-corrected chi connectivity index (χ1v) is 6.36. The molecule has 5 heteroatoms. The highest BCUT2D eigenvalue weighted by Crippen LogP contribution is 2.30. The molecule has 2 N–H and O–H groups in total. The molecule has 0 radical (unpaired) electrons. The predicted molar refractivity (Wildman–Crippen MR) is 70.3 cm³/mol. The average Bonchev–Trinajstić information content (AvgIpc) is 2.28. The Morgan fingerprint density at radius 1 is 1.39 bits per heavy atom. The number of carbonyl (C=O) groups is 1. The van der Waals surface area contributed by atoms with E-state index >= 15 is 0 Å². The largest absolute Gasteiger partial charge is 0.325 e. The Morgan fingerprint density at radius 3 is 2.67 bits per heavy atom. The second kappa shape index (κ2) is 5.24. The smallest absolute Gasteiger partial charge is 0.230 e. The summed E-state index contributed by atoms with van der Waals surface area (Å²) in [6.07, 6.45) is 1.56. The van der Waals surface area contributed by atoms with Crippen LogP contribution in [0.2, 0.25) is 5.02 Å². The maximum Gasteiger partial charge on any atom is 0.230 e. The Balaban J connectivity index is 2.10. The van der Waals surface area contributed by atoms with Crippen LogP contribution in [-0.2, 0) is 4.79 Å². The molecule has 0 aromatic heterocycles. The van der Waals surface area contributed by atoms with E-state index in [1.54, 1.807) is 6.07 Å². The molecule has 1 aromatic carbocycles. The summed E-state index contributed by atoms with van der Waals surface area (Å²) in [4.78, 5) is 12.2. The van der Waals surface area contributed by atoms with E-state index < -0.39 is 11.2 Å². The van der Waals surface area contributed by atoms with Crippen LogP contribution in [0.15, 0.2) is 18.2 Å². The zero-order valence-corrected chi connectivity index (χ0v) is 11.0. The first-order valence-electron chi connectivity index (χ1n) is 5.98. The van der Waals surface area contributed by atoms with Gasteiger partial charge in [0.25, 0.3) is 0 Å². The third kappa shape index (κ3) is 3.00. The summed E-state index contributed by atoms with van der Waals surface area (Å²) in [5.41, 5.74) is 0.00842. The molecular weight excluding hydrogens is 255 g/mol. The van der Waals surface area contributed by atoms with Gasteiger partial charge in [-0.3, -0.25) is 4.79 Å². The Kier molecular flexibility index (Phi) is 3.88. The Labute approximate surface area is 111 Å². The lowest BCUT2D eigenvalue weighted by molar-refractivity contribution is -0.126. The van der Waals surface area contributed by atoms with Gasteiger partial charge in [-0.15, -0.1) is 0 Å². The SMILES string of the molecule is CC1(C(=O)Nc2cc(F)cc(Cl)c2)CCNCC1. The van der Waals surface area contributed by atoms with Crippen molar-refractivity contribution in [3.05, 3.63) is 29.0 Å². The van der Waals surface area contributed by atoms with Crippen molar-refractivity contribution in [1.29, 1.82) is 0 Å². The summed E-state index contributed by atoms with van der Waals surface area (Å²) in [6.45, 7) is 3.59. The lowest BCUT2D eigenvalue weighted by Crippen LogP contribution is -2.42. The fourth-order valence-corrected chi connectivity index (χ4v) is 2.34. The van der Waals surface area contributed by atoms with Crippen molar-refractivity contribution in [2.75, 3.05) is 18.4 Å². The van der Waals surface area contributed by atoms with Crippen LogP contribution in [0.3, 0.4) is 0 Å². The Hall–Kier alpha value is -1.13. The van der Waals surface area contributed by atoms with Gasteiger partial charge in [-0.2, -0.15) is 0 Å². The van der Waals surface area contributed by atoms with Gasteiger partial charge in [0.1, 0.15) is 5.82 Å². The molecule has 1 amide bonds. The third-order valence-corrected chi connectivity index (χ3v) is 3.59. The van der Waals surface area contributed by atoms with Crippen LogP contribution in [0.5, 0.6) is 0 Å². The molecule has 18 heavy (non-hydrogen) atoms. The summed E-state index contributed by atoms with van der Waals surface area (Å²) >= 11 is 5.75. The topological polar surface area (TPSA) is 41.1 Å². The van der Waals surface area contributed by atoms with Crippen LogP contribution < -0.4 is 10.6 Å². The van der Waals surface area contributed by atoms with E-state index in [-0.39, 0.29) is 10.9 Å². The molecule has 1 fully saturated rings.